The molecule has 0 aliphatic carbocycles. The van der Waals surface area contributed by atoms with E-state index in [0.717, 1.165) is 16.4 Å². The van der Waals surface area contributed by atoms with E-state index in [0.29, 0.717) is 36.9 Å². The summed E-state index contributed by atoms with van der Waals surface area (Å²) >= 11 is 1.60. The minimum Gasteiger partial charge on any atom is -0.486 e. The molecular formula is C16H17N3O3S. The van der Waals surface area contributed by atoms with Crippen LogP contribution in [0.3, 0.4) is 0 Å². The number of aromatic nitrogens is 1. The van der Waals surface area contributed by atoms with Crippen LogP contribution in [0, 0.1) is 0 Å². The maximum atomic E-state index is 11.9. The predicted molar refractivity (Wildman–Crippen MR) is 90.1 cm³/mol. The molecule has 120 valence electrons. The normalized spacial score (nSPS) is 12.7. The highest BCUT2D eigenvalue weighted by Gasteiger charge is 2.12. The number of nitrogens with two attached hydrogens (primary N) is 1. The molecule has 2 aromatic rings. The van der Waals surface area contributed by atoms with Gasteiger partial charge < -0.3 is 20.5 Å². The van der Waals surface area contributed by atoms with Crippen molar-refractivity contribution < 1.29 is 14.3 Å². The van der Waals surface area contributed by atoms with Gasteiger partial charge in [-0.2, -0.15) is 0 Å². The first-order valence-corrected chi connectivity index (χ1v) is 8.23. The van der Waals surface area contributed by atoms with Crippen molar-refractivity contribution in [2.75, 3.05) is 30.0 Å². The highest BCUT2D eigenvalue weighted by molar-refractivity contribution is 7.99. The van der Waals surface area contributed by atoms with Gasteiger partial charge in [0.25, 0.3) is 0 Å². The first-order chi connectivity index (χ1) is 11.2. The molecule has 0 unspecified atom stereocenters. The number of amides is 1. The van der Waals surface area contributed by atoms with Crippen molar-refractivity contribution in [1.82, 2.24) is 4.98 Å². The molecule has 0 fully saturated rings. The van der Waals surface area contributed by atoms with E-state index in [4.69, 9.17) is 15.2 Å². The number of carbonyl (C=O) groups is 1. The summed E-state index contributed by atoms with van der Waals surface area (Å²) in [6, 6.07) is 9.20. The molecule has 3 N–H and O–H groups in total. The molecule has 0 atom stereocenters. The Balaban J connectivity index is 1.47. The molecular weight excluding hydrogens is 314 g/mol. The standard InChI is InChI=1S/C16H17N3O3S/c17-15-4-1-11(10-18-15)19-16(20)5-8-23-12-2-3-13-14(9-12)22-7-6-21-13/h1-4,9-10H,5-8H2,(H2,17,18)(H,19,20). The van der Waals surface area contributed by atoms with E-state index in [1.54, 1.807) is 30.1 Å². The summed E-state index contributed by atoms with van der Waals surface area (Å²) in [5.41, 5.74) is 6.15. The minimum absolute atomic E-state index is 0.0541. The molecule has 1 aliphatic rings. The monoisotopic (exact) mass is 331 g/mol. The number of fused-ring (bicyclic) bond motifs is 1. The number of rotatable bonds is 5. The Hall–Kier alpha value is -2.41. The predicted octanol–water partition coefficient (Wildman–Crippen LogP) is 2.56. The van der Waals surface area contributed by atoms with Crippen LogP contribution in [0.1, 0.15) is 6.42 Å². The van der Waals surface area contributed by atoms with Crippen molar-refractivity contribution in [1.29, 1.82) is 0 Å². The van der Waals surface area contributed by atoms with Gasteiger partial charge in [-0.15, -0.1) is 11.8 Å². The number of anilines is 2. The number of hydrogen-bond acceptors (Lipinski definition) is 6. The van der Waals surface area contributed by atoms with Crippen molar-refractivity contribution in [3.63, 3.8) is 0 Å². The summed E-state index contributed by atoms with van der Waals surface area (Å²) in [4.78, 5) is 16.9. The van der Waals surface area contributed by atoms with Gasteiger partial charge in [-0.25, -0.2) is 4.98 Å². The van der Waals surface area contributed by atoms with Crippen molar-refractivity contribution >= 4 is 29.2 Å². The van der Waals surface area contributed by atoms with Crippen LogP contribution in [0.2, 0.25) is 0 Å². The lowest BCUT2D eigenvalue weighted by Crippen LogP contribution is -2.15. The van der Waals surface area contributed by atoms with Crippen molar-refractivity contribution in [3.8, 4) is 11.5 Å². The fourth-order valence-corrected chi connectivity index (χ4v) is 2.96. The number of carbonyl (C=O) groups excluding carboxylic acids is 1. The van der Waals surface area contributed by atoms with E-state index in [9.17, 15) is 4.79 Å². The average Bonchev–Trinajstić information content (AvgIpc) is 2.57. The second-order valence-corrected chi connectivity index (χ2v) is 6.09. The number of nitrogens with zero attached hydrogens (tertiary/aromatic N) is 1. The Kier molecular flexibility index (Phi) is 4.87. The van der Waals surface area contributed by atoms with Gasteiger partial charge in [-0.3, -0.25) is 4.79 Å². The van der Waals surface area contributed by atoms with Crippen molar-refractivity contribution in [3.05, 3.63) is 36.5 Å². The first-order valence-electron chi connectivity index (χ1n) is 7.24. The number of hydrogen-bond donors (Lipinski definition) is 2. The van der Waals surface area contributed by atoms with Crippen LogP contribution in [0.5, 0.6) is 11.5 Å². The lowest BCUT2D eigenvalue weighted by atomic mass is 10.3. The molecule has 1 aliphatic heterocycles. The number of ether oxygens (including phenoxy) is 2. The quantitative estimate of drug-likeness (QED) is 0.819. The molecule has 0 saturated heterocycles. The molecule has 7 heteroatoms. The minimum atomic E-state index is -0.0541. The van der Waals surface area contributed by atoms with Gasteiger partial charge in [-0.1, -0.05) is 0 Å². The maximum absolute atomic E-state index is 11.9. The summed E-state index contributed by atoms with van der Waals surface area (Å²) in [7, 11) is 0. The topological polar surface area (TPSA) is 86.5 Å². The molecule has 0 spiro atoms. The highest BCUT2D eigenvalue weighted by atomic mass is 32.2. The van der Waals surface area contributed by atoms with Gasteiger partial charge in [0, 0.05) is 17.1 Å². The van der Waals surface area contributed by atoms with Crippen LogP contribution in [0.25, 0.3) is 0 Å². The zero-order chi connectivity index (χ0) is 16.1. The SMILES string of the molecule is Nc1ccc(NC(=O)CCSc2ccc3c(c2)OCCO3)cn1. The van der Waals surface area contributed by atoms with Gasteiger partial charge in [0.15, 0.2) is 11.5 Å². The van der Waals surface area contributed by atoms with E-state index < -0.39 is 0 Å². The molecule has 3 rings (SSSR count). The zero-order valence-corrected chi connectivity index (χ0v) is 13.3. The third-order valence-electron chi connectivity index (χ3n) is 3.18. The molecule has 6 nitrogen and oxygen atoms in total. The van der Waals surface area contributed by atoms with Crippen LogP contribution in [-0.4, -0.2) is 29.9 Å². The van der Waals surface area contributed by atoms with E-state index in [1.165, 1.54) is 0 Å². The number of benzene rings is 1. The largest absolute Gasteiger partial charge is 0.486 e. The molecule has 23 heavy (non-hydrogen) atoms. The van der Waals surface area contributed by atoms with Gasteiger partial charge in [0.05, 0.1) is 11.9 Å². The van der Waals surface area contributed by atoms with Gasteiger partial charge >= 0.3 is 0 Å². The molecule has 1 aromatic carbocycles. The molecule has 2 heterocycles. The molecule has 0 radical (unpaired) electrons. The number of thioether (sulfide) groups is 1. The van der Waals surface area contributed by atoms with Crippen LogP contribution in [0.4, 0.5) is 11.5 Å². The van der Waals surface area contributed by atoms with E-state index in [2.05, 4.69) is 10.3 Å². The smallest absolute Gasteiger partial charge is 0.225 e. The van der Waals surface area contributed by atoms with Crippen molar-refractivity contribution in [2.24, 2.45) is 0 Å². The van der Waals surface area contributed by atoms with Gasteiger partial charge in [0.2, 0.25) is 5.91 Å². The number of nitrogens with one attached hydrogen (secondary N) is 1. The van der Waals surface area contributed by atoms with Crippen LogP contribution in [-0.2, 0) is 4.79 Å². The Morgan fingerprint density at radius 2 is 2.04 bits per heavy atom. The van der Waals surface area contributed by atoms with Gasteiger partial charge in [0.1, 0.15) is 19.0 Å². The first kappa shape index (κ1) is 15.5. The van der Waals surface area contributed by atoms with Crippen molar-refractivity contribution in [2.45, 2.75) is 11.3 Å². The van der Waals surface area contributed by atoms with Crippen LogP contribution >= 0.6 is 11.8 Å². The maximum Gasteiger partial charge on any atom is 0.225 e. The zero-order valence-electron chi connectivity index (χ0n) is 12.5. The summed E-state index contributed by atoms with van der Waals surface area (Å²) in [6.07, 6.45) is 1.95. The fourth-order valence-electron chi connectivity index (χ4n) is 2.08. The fraction of sp³-hybridized carbons (Fsp3) is 0.250. The lowest BCUT2D eigenvalue weighted by Gasteiger charge is -2.18. The molecule has 0 saturated carbocycles. The number of nitrogen functional groups attached to an aromatic ring is 1. The second-order valence-electron chi connectivity index (χ2n) is 4.92. The van der Waals surface area contributed by atoms with E-state index in [1.807, 2.05) is 18.2 Å². The summed E-state index contributed by atoms with van der Waals surface area (Å²) < 4.78 is 11.0. The summed E-state index contributed by atoms with van der Waals surface area (Å²) in [5, 5.41) is 2.79. The van der Waals surface area contributed by atoms with Gasteiger partial charge in [-0.05, 0) is 30.3 Å². The Bertz CT molecular complexity index is 691. The molecule has 1 aromatic heterocycles. The number of pyridine rings is 1. The average molecular weight is 331 g/mol. The Morgan fingerprint density at radius 3 is 2.83 bits per heavy atom. The summed E-state index contributed by atoms with van der Waals surface area (Å²) in [5.74, 6) is 2.58. The van der Waals surface area contributed by atoms with Crippen LogP contribution < -0.4 is 20.5 Å². The Labute approximate surface area is 138 Å². The summed E-state index contributed by atoms with van der Waals surface area (Å²) in [6.45, 7) is 1.15. The molecule has 0 bridgehead atoms. The van der Waals surface area contributed by atoms with Crippen LogP contribution in [0.15, 0.2) is 41.4 Å². The second kappa shape index (κ2) is 7.23. The third-order valence-corrected chi connectivity index (χ3v) is 4.18. The lowest BCUT2D eigenvalue weighted by molar-refractivity contribution is -0.115. The third kappa shape index (κ3) is 4.29. The van der Waals surface area contributed by atoms with E-state index >= 15 is 0 Å². The highest BCUT2D eigenvalue weighted by Crippen LogP contribution is 2.34. The van der Waals surface area contributed by atoms with E-state index in [-0.39, 0.29) is 5.91 Å². The molecule has 1 amide bonds. The Morgan fingerprint density at radius 1 is 1.22 bits per heavy atom.